The zero-order valence-electron chi connectivity index (χ0n) is 21.5. The summed E-state index contributed by atoms with van der Waals surface area (Å²) >= 11 is 0. The Morgan fingerprint density at radius 1 is 0.923 bits per heavy atom. The lowest BCUT2D eigenvalue weighted by Gasteiger charge is -2.18. The molecule has 0 bridgehead atoms. The van der Waals surface area contributed by atoms with Crippen LogP contribution in [0.25, 0.3) is 16.9 Å². The van der Waals surface area contributed by atoms with Gasteiger partial charge in [-0.25, -0.2) is 14.3 Å². The maximum atomic E-state index is 12.7. The number of rotatable bonds is 4. The number of alkyl halides is 3. The Hall–Kier alpha value is -4.74. The van der Waals surface area contributed by atoms with E-state index < -0.39 is 12.1 Å². The molecule has 0 radical (unpaired) electrons. The number of amides is 2. The molecular weight excluding hydrogens is 515 g/mol. The van der Waals surface area contributed by atoms with Crippen LogP contribution in [0.5, 0.6) is 0 Å². The fourth-order valence-electron chi connectivity index (χ4n) is 3.37. The SMILES string of the molecule is CC(=O)Nc1cccc(-c2ccc3nc(NC(=O)c4ccc(C(C)(C)C)cc4)cn3n2)c1.O=C(O)C(F)(F)F. The minimum Gasteiger partial charge on any atom is -0.475 e. The first-order valence-corrected chi connectivity index (χ1v) is 11.6. The van der Waals surface area contributed by atoms with Crippen molar-refractivity contribution in [2.24, 2.45) is 0 Å². The first kappa shape index (κ1) is 28.8. The second kappa shape index (κ2) is 11.3. The van der Waals surface area contributed by atoms with Crippen LogP contribution in [-0.4, -0.2) is 43.7 Å². The van der Waals surface area contributed by atoms with Gasteiger partial charge >= 0.3 is 12.1 Å². The van der Waals surface area contributed by atoms with Crippen molar-refractivity contribution in [1.29, 1.82) is 0 Å². The highest BCUT2D eigenvalue weighted by Crippen LogP contribution is 2.24. The minimum absolute atomic E-state index is 0.0294. The van der Waals surface area contributed by atoms with Crippen molar-refractivity contribution in [3.05, 3.63) is 78.0 Å². The Balaban J connectivity index is 0.000000532. The predicted molar refractivity (Wildman–Crippen MR) is 140 cm³/mol. The maximum absolute atomic E-state index is 12.7. The summed E-state index contributed by atoms with van der Waals surface area (Å²) in [5.74, 6) is -2.69. The van der Waals surface area contributed by atoms with Crippen LogP contribution in [0.4, 0.5) is 24.7 Å². The number of carboxylic acids is 1. The molecule has 0 saturated carbocycles. The highest BCUT2D eigenvalue weighted by molar-refractivity contribution is 6.03. The highest BCUT2D eigenvalue weighted by atomic mass is 19.4. The molecule has 9 nitrogen and oxygen atoms in total. The van der Waals surface area contributed by atoms with Crippen LogP contribution in [0, 0.1) is 0 Å². The third kappa shape index (κ3) is 7.87. The highest BCUT2D eigenvalue weighted by Gasteiger charge is 2.38. The van der Waals surface area contributed by atoms with Crippen LogP contribution in [0.15, 0.2) is 66.9 Å². The number of carbonyl (C=O) groups excluding carboxylic acids is 2. The lowest BCUT2D eigenvalue weighted by atomic mass is 9.87. The molecule has 0 fully saturated rings. The Bertz CT molecular complexity index is 1510. The lowest BCUT2D eigenvalue weighted by molar-refractivity contribution is -0.192. The molecule has 0 spiro atoms. The molecule has 0 aliphatic carbocycles. The van der Waals surface area contributed by atoms with Gasteiger partial charge < -0.3 is 15.7 Å². The Labute approximate surface area is 221 Å². The van der Waals surface area contributed by atoms with Gasteiger partial charge in [0.1, 0.15) is 0 Å². The third-order valence-corrected chi connectivity index (χ3v) is 5.30. The van der Waals surface area contributed by atoms with Crippen molar-refractivity contribution in [2.45, 2.75) is 39.3 Å². The van der Waals surface area contributed by atoms with Gasteiger partial charge in [0, 0.05) is 23.7 Å². The molecule has 2 aromatic heterocycles. The summed E-state index contributed by atoms with van der Waals surface area (Å²) in [5, 5.41) is 17.3. The number of aromatic nitrogens is 3. The van der Waals surface area contributed by atoms with E-state index in [0.29, 0.717) is 22.7 Å². The van der Waals surface area contributed by atoms with Crippen LogP contribution in [0.2, 0.25) is 0 Å². The number of anilines is 2. The molecule has 204 valence electrons. The molecule has 4 rings (SSSR count). The van der Waals surface area contributed by atoms with Gasteiger partial charge in [0.25, 0.3) is 5.91 Å². The molecule has 3 N–H and O–H groups in total. The average Bonchev–Trinajstić information content (AvgIpc) is 3.24. The van der Waals surface area contributed by atoms with Crippen molar-refractivity contribution < 1.29 is 32.7 Å². The zero-order chi connectivity index (χ0) is 29.0. The van der Waals surface area contributed by atoms with Crippen molar-refractivity contribution >= 4 is 34.9 Å². The van der Waals surface area contributed by atoms with E-state index in [1.54, 1.807) is 10.7 Å². The number of carboxylic acid groups (broad SMARTS) is 1. The number of hydrogen-bond donors (Lipinski definition) is 3. The van der Waals surface area contributed by atoms with Gasteiger partial charge in [-0.2, -0.15) is 18.3 Å². The molecule has 4 aromatic rings. The van der Waals surface area contributed by atoms with Crippen molar-refractivity contribution in [3.8, 4) is 11.3 Å². The number of carbonyl (C=O) groups is 3. The fraction of sp³-hybridized carbons (Fsp3) is 0.222. The van der Waals surface area contributed by atoms with Gasteiger partial charge in [-0.3, -0.25) is 9.59 Å². The minimum atomic E-state index is -5.08. The number of halogens is 3. The molecule has 2 aromatic carbocycles. The van der Waals surface area contributed by atoms with E-state index in [9.17, 15) is 22.8 Å². The van der Waals surface area contributed by atoms with Crippen LogP contribution < -0.4 is 10.6 Å². The Kier molecular flexibility index (Phi) is 8.38. The maximum Gasteiger partial charge on any atom is 0.490 e. The number of benzene rings is 2. The summed E-state index contributed by atoms with van der Waals surface area (Å²) in [6, 6.07) is 18.7. The smallest absolute Gasteiger partial charge is 0.475 e. The summed E-state index contributed by atoms with van der Waals surface area (Å²) in [6.07, 6.45) is -3.40. The molecule has 0 aliphatic rings. The number of hydrogen-bond acceptors (Lipinski definition) is 5. The summed E-state index contributed by atoms with van der Waals surface area (Å²) in [5.41, 5.74) is 4.66. The van der Waals surface area contributed by atoms with Gasteiger partial charge in [-0.05, 0) is 47.4 Å². The summed E-state index contributed by atoms with van der Waals surface area (Å²) in [4.78, 5) is 37.3. The molecule has 0 aliphatic heterocycles. The topological polar surface area (TPSA) is 126 Å². The van der Waals surface area contributed by atoms with Gasteiger partial charge in [0.2, 0.25) is 5.91 Å². The number of fused-ring (bicyclic) bond motifs is 1. The number of imidazole rings is 1. The quantitative estimate of drug-likeness (QED) is 0.312. The summed E-state index contributed by atoms with van der Waals surface area (Å²) in [7, 11) is 0. The van der Waals surface area contributed by atoms with Crippen molar-refractivity contribution in [1.82, 2.24) is 14.6 Å². The van der Waals surface area contributed by atoms with Gasteiger partial charge in [0.05, 0.1) is 11.9 Å². The molecule has 0 unspecified atom stereocenters. The predicted octanol–water partition coefficient (Wildman–Crippen LogP) is 5.54. The van der Waals surface area contributed by atoms with E-state index in [2.05, 4.69) is 41.5 Å². The van der Waals surface area contributed by atoms with E-state index in [0.717, 1.165) is 11.3 Å². The van der Waals surface area contributed by atoms with E-state index in [1.807, 2.05) is 60.7 Å². The molecule has 0 saturated heterocycles. The second-order valence-corrected chi connectivity index (χ2v) is 9.49. The second-order valence-electron chi connectivity index (χ2n) is 9.49. The number of aliphatic carboxylic acids is 1. The molecule has 0 atom stereocenters. The summed E-state index contributed by atoms with van der Waals surface area (Å²) in [6.45, 7) is 7.87. The van der Waals surface area contributed by atoms with E-state index >= 15 is 0 Å². The molecule has 2 amide bonds. The fourth-order valence-corrected chi connectivity index (χ4v) is 3.37. The largest absolute Gasteiger partial charge is 0.490 e. The Morgan fingerprint density at radius 3 is 2.13 bits per heavy atom. The van der Waals surface area contributed by atoms with Crippen LogP contribution in [0.3, 0.4) is 0 Å². The standard InChI is InChI=1S/C25H25N5O2.C2HF3O2/c1-16(31)26-20-7-5-6-18(14-20)21-12-13-23-27-22(15-30(23)29-21)28-24(32)17-8-10-19(11-9-17)25(2,3)4;3-2(4,5)1(6)7/h5-15H,1-4H3,(H,26,31)(H,28,32);(H,6,7). The van der Waals surface area contributed by atoms with Gasteiger partial charge in [-0.15, -0.1) is 0 Å². The first-order valence-electron chi connectivity index (χ1n) is 11.6. The van der Waals surface area contributed by atoms with Crippen LogP contribution in [-0.2, 0) is 15.0 Å². The van der Waals surface area contributed by atoms with Crippen LogP contribution in [0.1, 0.15) is 43.6 Å². The monoisotopic (exact) mass is 541 g/mol. The van der Waals surface area contributed by atoms with E-state index in [-0.39, 0.29) is 17.2 Å². The zero-order valence-corrected chi connectivity index (χ0v) is 21.5. The molecule has 2 heterocycles. The van der Waals surface area contributed by atoms with E-state index in [4.69, 9.17) is 9.90 Å². The van der Waals surface area contributed by atoms with E-state index in [1.165, 1.54) is 12.5 Å². The lowest BCUT2D eigenvalue weighted by Crippen LogP contribution is -2.21. The number of nitrogens with zero attached hydrogens (tertiary/aromatic N) is 3. The molecular formula is C27H26F3N5O4. The number of nitrogens with one attached hydrogen (secondary N) is 2. The third-order valence-electron chi connectivity index (χ3n) is 5.30. The Morgan fingerprint density at radius 2 is 1.56 bits per heavy atom. The summed E-state index contributed by atoms with van der Waals surface area (Å²) < 4.78 is 33.4. The van der Waals surface area contributed by atoms with Crippen molar-refractivity contribution in [3.63, 3.8) is 0 Å². The molecule has 12 heteroatoms. The molecule has 39 heavy (non-hydrogen) atoms. The van der Waals surface area contributed by atoms with Crippen LogP contribution >= 0.6 is 0 Å². The first-order chi connectivity index (χ1) is 18.1. The van der Waals surface area contributed by atoms with Crippen molar-refractivity contribution in [2.75, 3.05) is 10.6 Å². The van der Waals surface area contributed by atoms with Gasteiger partial charge in [-0.1, -0.05) is 45.0 Å². The average molecular weight is 542 g/mol. The van der Waals surface area contributed by atoms with Gasteiger partial charge in [0.15, 0.2) is 11.5 Å². The normalized spacial score (nSPS) is 11.4.